The lowest BCUT2D eigenvalue weighted by Gasteiger charge is -2.21. The molecule has 5 nitrogen and oxygen atoms in total. The SMILES string of the molecule is CO/[N+](=N\OCCl)N1CCC1. The van der Waals surface area contributed by atoms with E-state index in [0.717, 1.165) is 19.5 Å². The van der Waals surface area contributed by atoms with E-state index in [4.69, 9.17) is 16.4 Å². The van der Waals surface area contributed by atoms with Crippen molar-refractivity contribution < 1.29 is 14.6 Å². The van der Waals surface area contributed by atoms with Crippen molar-refractivity contribution in [2.75, 3.05) is 26.3 Å². The lowest BCUT2D eigenvalue weighted by atomic mass is 10.3. The molecule has 64 valence electrons. The first-order valence-corrected chi connectivity index (χ1v) is 3.90. The van der Waals surface area contributed by atoms with Crippen molar-refractivity contribution in [2.45, 2.75) is 6.42 Å². The first kappa shape index (κ1) is 8.39. The Balaban J connectivity index is 2.33. The van der Waals surface area contributed by atoms with Crippen LogP contribution in [0.1, 0.15) is 6.42 Å². The summed E-state index contributed by atoms with van der Waals surface area (Å²) in [7, 11) is 1.53. The van der Waals surface area contributed by atoms with E-state index in [1.165, 1.54) is 12.1 Å². The standard InChI is InChI=1S/C5H11ClN3O2/c1-10-9(7-11-5-6)8-3-2-4-8/h2-5H2,1H3/q+1/b9-7-. The van der Waals surface area contributed by atoms with E-state index in [0.29, 0.717) is 0 Å². The number of hydrogen-bond donors (Lipinski definition) is 0. The molecule has 0 amide bonds. The summed E-state index contributed by atoms with van der Waals surface area (Å²) in [4.78, 5) is 10.8. The molecule has 1 aliphatic heterocycles. The Hall–Kier alpha value is -0.710. The molecule has 0 atom stereocenters. The lowest BCUT2D eigenvalue weighted by Crippen LogP contribution is -2.44. The summed E-state index contributed by atoms with van der Waals surface area (Å²) >= 11 is 5.25. The summed E-state index contributed by atoms with van der Waals surface area (Å²) in [6, 6.07) is 0.0354. The van der Waals surface area contributed by atoms with Crippen molar-refractivity contribution in [3.8, 4) is 0 Å². The minimum absolute atomic E-state index is 0.0354. The van der Waals surface area contributed by atoms with Crippen molar-refractivity contribution in [1.29, 1.82) is 0 Å². The van der Waals surface area contributed by atoms with Crippen molar-refractivity contribution in [1.82, 2.24) is 5.01 Å². The van der Waals surface area contributed by atoms with Gasteiger partial charge in [-0.1, -0.05) is 11.6 Å². The summed E-state index contributed by atoms with van der Waals surface area (Å²) < 4.78 is 0. The van der Waals surface area contributed by atoms with Gasteiger partial charge in [-0.3, -0.25) is 0 Å². The van der Waals surface area contributed by atoms with Crippen LogP contribution in [0.4, 0.5) is 0 Å². The fraction of sp³-hybridized carbons (Fsp3) is 1.00. The van der Waals surface area contributed by atoms with Gasteiger partial charge in [-0.2, -0.15) is 0 Å². The Morgan fingerprint density at radius 1 is 1.64 bits per heavy atom. The van der Waals surface area contributed by atoms with Crippen LogP contribution >= 0.6 is 11.6 Å². The van der Waals surface area contributed by atoms with Crippen LogP contribution in [0.2, 0.25) is 0 Å². The maximum atomic E-state index is 5.25. The molecule has 0 bridgehead atoms. The second-order valence-corrected chi connectivity index (χ2v) is 2.28. The quantitative estimate of drug-likeness (QED) is 0.278. The summed E-state index contributed by atoms with van der Waals surface area (Å²) in [6.45, 7) is 1.89. The molecule has 0 aromatic heterocycles. The summed E-state index contributed by atoms with van der Waals surface area (Å²) in [5, 5.41) is 5.48. The number of hydrazine groups is 1. The molecule has 0 spiro atoms. The molecule has 11 heavy (non-hydrogen) atoms. The predicted octanol–water partition coefficient (Wildman–Crippen LogP) is 0.761. The van der Waals surface area contributed by atoms with Gasteiger partial charge < -0.3 is 4.84 Å². The number of alkyl halides is 1. The molecule has 6 heteroatoms. The normalized spacial score (nSPS) is 17.6. The van der Waals surface area contributed by atoms with Gasteiger partial charge in [-0.05, 0) is 6.42 Å². The maximum Gasteiger partial charge on any atom is 0.275 e. The van der Waals surface area contributed by atoms with E-state index >= 15 is 0 Å². The molecule has 0 aromatic rings. The van der Waals surface area contributed by atoms with E-state index in [9.17, 15) is 0 Å². The second-order valence-electron chi connectivity index (χ2n) is 2.06. The average molecular weight is 181 g/mol. The monoisotopic (exact) mass is 180 g/mol. The molecule has 0 unspecified atom stereocenters. The number of hydrogen-bond acceptors (Lipinski definition) is 3. The van der Waals surface area contributed by atoms with Crippen LogP contribution < -0.4 is 0 Å². The van der Waals surface area contributed by atoms with Crippen LogP contribution in [-0.2, 0) is 9.68 Å². The zero-order chi connectivity index (χ0) is 8.10. The van der Waals surface area contributed by atoms with Crippen LogP contribution in [0.5, 0.6) is 0 Å². The zero-order valence-corrected chi connectivity index (χ0v) is 7.12. The largest absolute Gasteiger partial charge is 0.326 e. The molecule has 0 N–H and O–H groups in total. The average Bonchev–Trinajstić information content (AvgIpc) is 1.93. The highest BCUT2D eigenvalue weighted by Gasteiger charge is 2.27. The van der Waals surface area contributed by atoms with E-state index in [2.05, 4.69) is 10.1 Å². The third kappa shape index (κ3) is 2.11. The van der Waals surface area contributed by atoms with Gasteiger partial charge in [-0.15, -0.1) is 5.01 Å². The Morgan fingerprint density at radius 2 is 2.36 bits per heavy atom. The van der Waals surface area contributed by atoms with Crippen LogP contribution in [0.3, 0.4) is 0 Å². The van der Waals surface area contributed by atoms with Crippen molar-refractivity contribution in [2.24, 2.45) is 5.28 Å². The van der Waals surface area contributed by atoms with Gasteiger partial charge in [0.15, 0.2) is 13.2 Å². The van der Waals surface area contributed by atoms with Gasteiger partial charge in [0.1, 0.15) is 0 Å². The number of nitrogens with zero attached hydrogens (tertiary/aromatic N) is 3. The molecular weight excluding hydrogens is 170 g/mol. The van der Waals surface area contributed by atoms with Gasteiger partial charge in [0.25, 0.3) is 10.2 Å². The summed E-state index contributed by atoms with van der Waals surface area (Å²) in [6.07, 6.45) is 1.16. The van der Waals surface area contributed by atoms with Crippen LogP contribution in [0, 0.1) is 0 Å². The highest BCUT2D eigenvalue weighted by atomic mass is 35.5. The molecule has 0 aromatic carbocycles. The summed E-state index contributed by atoms with van der Waals surface area (Å²) in [5.41, 5.74) is 0. The number of rotatable bonds is 4. The lowest BCUT2D eigenvalue weighted by molar-refractivity contribution is -0.949. The molecule has 0 radical (unpaired) electrons. The maximum absolute atomic E-state index is 5.25. The second kappa shape index (κ2) is 4.23. The third-order valence-corrected chi connectivity index (χ3v) is 1.51. The van der Waals surface area contributed by atoms with Crippen molar-refractivity contribution in [3.63, 3.8) is 0 Å². The molecule has 1 rings (SSSR count). The molecule has 0 saturated carbocycles. The molecule has 1 heterocycles. The van der Waals surface area contributed by atoms with E-state index < -0.39 is 0 Å². The van der Waals surface area contributed by atoms with Crippen LogP contribution in [0.15, 0.2) is 5.28 Å². The van der Waals surface area contributed by atoms with Gasteiger partial charge in [0.05, 0.1) is 13.1 Å². The molecular formula is C5H11ClN3O2+. The zero-order valence-electron chi connectivity index (χ0n) is 6.36. The number of halogens is 1. The molecule has 1 fully saturated rings. The highest BCUT2D eigenvalue weighted by molar-refractivity contribution is 6.17. The predicted molar refractivity (Wildman–Crippen MR) is 37.7 cm³/mol. The van der Waals surface area contributed by atoms with Crippen LogP contribution in [-0.4, -0.2) is 36.2 Å². The Labute approximate surface area is 70.0 Å². The smallest absolute Gasteiger partial charge is 0.275 e. The minimum Gasteiger partial charge on any atom is -0.326 e. The first-order chi connectivity index (χ1) is 5.38. The molecule has 1 saturated heterocycles. The van der Waals surface area contributed by atoms with Gasteiger partial charge >= 0.3 is 0 Å². The van der Waals surface area contributed by atoms with E-state index in [1.807, 2.05) is 5.01 Å². The van der Waals surface area contributed by atoms with Crippen LogP contribution in [0.25, 0.3) is 0 Å². The fourth-order valence-corrected chi connectivity index (χ4v) is 0.786. The van der Waals surface area contributed by atoms with Gasteiger partial charge in [0.2, 0.25) is 0 Å². The molecule has 1 aliphatic rings. The van der Waals surface area contributed by atoms with E-state index in [-0.39, 0.29) is 6.07 Å². The Kier molecular flexibility index (Phi) is 3.22. The molecule has 0 aliphatic carbocycles. The topological polar surface area (TPSA) is 37.1 Å². The highest BCUT2D eigenvalue weighted by Crippen LogP contribution is 2.06. The van der Waals surface area contributed by atoms with E-state index in [1.54, 1.807) is 0 Å². The van der Waals surface area contributed by atoms with Crippen molar-refractivity contribution >= 4 is 11.6 Å². The van der Waals surface area contributed by atoms with Crippen molar-refractivity contribution in [3.05, 3.63) is 0 Å². The third-order valence-electron chi connectivity index (χ3n) is 1.41. The first-order valence-electron chi connectivity index (χ1n) is 3.36. The minimum atomic E-state index is 0.0354. The Morgan fingerprint density at radius 3 is 2.73 bits per heavy atom. The summed E-state index contributed by atoms with van der Waals surface area (Å²) in [5.74, 6) is 0. The van der Waals surface area contributed by atoms with Gasteiger partial charge in [-0.25, -0.2) is 4.84 Å². The Bertz CT molecular complexity index is 149. The van der Waals surface area contributed by atoms with Gasteiger partial charge in [0, 0.05) is 0 Å². The fourth-order valence-electron chi connectivity index (χ4n) is 0.742.